The van der Waals surface area contributed by atoms with Crippen molar-refractivity contribution in [3.8, 4) is 0 Å². The van der Waals surface area contributed by atoms with Crippen LogP contribution in [0.5, 0.6) is 0 Å². The van der Waals surface area contributed by atoms with E-state index >= 15 is 0 Å². The van der Waals surface area contributed by atoms with Crippen LogP contribution in [-0.4, -0.2) is 15.3 Å². The van der Waals surface area contributed by atoms with Gasteiger partial charge in [0.1, 0.15) is 0 Å². The number of benzene rings is 1. The highest BCUT2D eigenvalue weighted by molar-refractivity contribution is 7.15. The third kappa shape index (κ3) is 3.31. The number of nitrogens with one attached hydrogen (secondary N) is 1. The second-order valence-electron chi connectivity index (χ2n) is 5.12. The lowest BCUT2D eigenvalue weighted by molar-refractivity contribution is -0.121. The van der Waals surface area contributed by atoms with Crippen molar-refractivity contribution in [3.05, 3.63) is 59.4 Å². The number of nitrogens with zero attached hydrogens (tertiary/aromatic N) is 2. The van der Waals surface area contributed by atoms with Crippen LogP contribution in [0.3, 0.4) is 0 Å². The molecular formula is C16H17N3OS. The molecule has 0 aliphatic carbocycles. The molecule has 21 heavy (non-hydrogen) atoms. The molecule has 1 amide bonds. The minimum absolute atomic E-state index is 0.0581. The smallest absolute Gasteiger partial charge is 0.220 e. The van der Waals surface area contributed by atoms with Crippen molar-refractivity contribution in [1.82, 2.24) is 14.7 Å². The van der Waals surface area contributed by atoms with Gasteiger partial charge in [0.05, 0.1) is 12.2 Å². The van der Waals surface area contributed by atoms with Gasteiger partial charge in [0, 0.05) is 24.2 Å². The van der Waals surface area contributed by atoms with E-state index in [9.17, 15) is 4.79 Å². The standard InChI is InChI=1S/C16H17N3OS/c1-12(13-5-3-2-4-6-13)9-15(20)17-10-14-11-19-7-8-21-16(19)18-14/h2-8,11-12H,9-10H2,1H3,(H,17,20). The molecule has 0 spiro atoms. The van der Waals surface area contributed by atoms with Crippen LogP contribution < -0.4 is 5.32 Å². The van der Waals surface area contributed by atoms with E-state index in [1.54, 1.807) is 11.3 Å². The third-order valence-electron chi connectivity index (χ3n) is 3.47. The summed E-state index contributed by atoms with van der Waals surface area (Å²) in [5.41, 5.74) is 2.08. The lowest BCUT2D eigenvalue weighted by Crippen LogP contribution is -2.24. The molecule has 2 heterocycles. The molecule has 0 aliphatic rings. The predicted octanol–water partition coefficient (Wildman–Crippen LogP) is 3.21. The summed E-state index contributed by atoms with van der Waals surface area (Å²) < 4.78 is 1.97. The molecule has 0 saturated heterocycles. The zero-order valence-corrected chi connectivity index (χ0v) is 12.6. The Bertz CT molecular complexity index is 704. The van der Waals surface area contributed by atoms with Crippen molar-refractivity contribution >= 4 is 22.2 Å². The first-order valence-corrected chi connectivity index (χ1v) is 7.83. The quantitative estimate of drug-likeness (QED) is 0.786. The van der Waals surface area contributed by atoms with Gasteiger partial charge in [-0.25, -0.2) is 4.98 Å². The minimum Gasteiger partial charge on any atom is -0.350 e. The minimum atomic E-state index is 0.0581. The molecule has 108 valence electrons. The molecule has 3 aromatic rings. The number of aromatic nitrogens is 2. The Morgan fingerprint density at radius 2 is 2.19 bits per heavy atom. The van der Waals surface area contributed by atoms with Crippen LogP contribution in [0.1, 0.15) is 30.5 Å². The average molecular weight is 299 g/mol. The van der Waals surface area contributed by atoms with Gasteiger partial charge in [-0.2, -0.15) is 0 Å². The van der Waals surface area contributed by atoms with Gasteiger partial charge >= 0.3 is 0 Å². The molecule has 4 nitrogen and oxygen atoms in total. The molecule has 0 saturated carbocycles. The normalized spacial score (nSPS) is 12.4. The highest BCUT2D eigenvalue weighted by atomic mass is 32.1. The van der Waals surface area contributed by atoms with Crippen LogP contribution in [-0.2, 0) is 11.3 Å². The summed E-state index contributed by atoms with van der Waals surface area (Å²) in [6, 6.07) is 10.1. The highest BCUT2D eigenvalue weighted by Gasteiger charge is 2.11. The van der Waals surface area contributed by atoms with Crippen LogP contribution in [0.2, 0.25) is 0 Å². The van der Waals surface area contributed by atoms with Gasteiger partial charge in [-0.3, -0.25) is 9.20 Å². The van der Waals surface area contributed by atoms with E-state index in [1.165, 1.54) is 5.56 Å². The Kier molecular flexibility index (Phi) is 4.01. The molecule has 0 radical (unpaired) electrons. The summed E-state index contributed by atoms with van der Waals surface area (Å²) in [6.45, 7) is 2.55. The maximum atomic E-state index is 12.0. The van der Waals surface area contributed by atoms with E-state index in [0.29, 0.717) is 13.0 Å². The molecule has 1 N–H and O–H groups in total. The number of rotatable bonds is 5. The van der Waals surface area contributed by atoms with Gasteiger partial charge in [-0.05, 0) is 11.5 Å². The Morgan fingerprint density at radius 3 is 2.95 bits per heavy atom. The summed E-state index contributed by atoms with van der Waals surface area (Å²) in [5, 5.41) is 4.93. The lowest BCUT2D eigenvalue weighted by atomic mass is 9.98. The number of hydrogen-bond acceptors (Lipinski definition) is 3. The SMILES string of the molecule is CC(CC(=O)NCc1cn2ccsc2n1)c1ccccc1. The Labute approximate surface area is 127 Å². The molecule has 1 atom stereocenters. The predicted molar refractivity (Wildman–Crippen MR) is 84.4 cm³/mol. The Balaban J connectivity index is 1.53. The Morgan fingerprint density at radius 1 is 1.38 bits per heavy atom. The van der Waals surface area contributed by atoms with Crippen LogP contribution in [0.4, 0.5) is 0 Å². The maximum absolute atomic E-state index is 12.0. The first-order valence-electron chi connectivity index (χ1n) is 6.95. The number of hydrogen-bond donors (Lipinski definition) is 1. The first kappa shape index (κ1) is 13.8. The summed E-state index contributed by atoms with van der Waals surface area (Å²) in [6.07, 6.45) is 4.41. The summed E-state index contributed by atoms with van der Waals surface area (Å²) >= 11 is 1.59. The van der Waals surface area contributed by atoms with Crippen molar-refractivity contribution in [2.75, 3.05) is 0 Å². The van der Waals surface area contributed by atoms with Gasteiger partial charge in [0.2, 0.25) is 5.91 Å². The molecule has 1 unspecified atom stereocenters. The van der Waals surface area contributed by atoms with Gasteiger partial charge in [0.25, 0.3) is 0 Å². The Hall–Kier alpha value is -2.14. The summed E-state index contributed by atoms with van der Waals surface area (Å²) in [5.74, 6) is 0.277. The first-order chi connectivity index (χ1) is 10.2. The van der Waals surface area contributed by atoms with Crippen molar-refractivity contribution in [2.24, 2.45) is 0 Å². The van der Waals surface area contributed by atoms with Gasteiger partial charge in [-0.1, -0.05) is 37.3 Å². The molecule has 5 heteroatoms. The third-order valence-corrected chi connectivity index (χ3v) is 4.24. The van der Waals surface area contributed by atoms with Crippen molar-refractivity contribution in [2.45, 2.75) is 25.8 Å². The summed E-state index contributed by atoms with van der Waals surface area (Å²) in [7, 11) is 0. The van der Waals surface area contributed by atoms with Crippen LogP contribution in [0.15, 0.2) is 48.1 Å². The van der Waals surface area contributed by atoms with Crippen LogP contribution in [0.25, 0.3) is 4.96 Å². The van der Waals surface area contributed by atoms with Gasteiger partial charge < -0.3 is 5.32 Å². The molecule has 2 aromatic heterocycles. The molecule has 0 aliphatic heterocycles. The number of amides is 1. The van der Waals surface area contributed by atoms with Crippen LogP contribution in [0, 0.1) is 0 Å². The fourth-order valence-electron chi connectivity index (χ4n) is 2.30. The van der Waals surface area contributed by atoms with E-state index in [2.05, 4.69) is 29.4 Å². The zero-order chi connectivity index (χ0) is 14.7. The summed E-state index contributed by atoms with van der Waals surface area (Å²) in [4.78, 5) is 17.4. The molecule has 3 rings (SSSR count). The number of carbonyl (C=O) groups excluding carboxylic acids is 1. The van der Waals surface area contributed by atoms with E-state index in [4.69, 9.17) is 0 Å². The second kappa shape index (κ2) is 6.10. The van der Waals surface area contributed by atoms with Crippen LogP contribution >= 0.6 is 11.3 Å². The fourth-order valence-corrected chi connectivity index (χ4v) is 3.02. The van der Waals surface area contributed by atoms with E-state index in [-0.39, 0.29) is 11.8 Å². The zero-order valence-electron chi connectivity index (χ0n) is 11.8. The van der Waals surface area contributed by atoms with Gasteiger partial charge in [-0.15, -0.1) is 11.3 Å². The number of fused-ring (bicyclic) bond motifs is 1. The average Bonchev–Trinajstić information content (AvgIpc) is 3.07. The number of carbonyl (C=O) groups is 1. The monoisotopic (exact) mass is 299 g/mol. The number of imidazole rings is 1. The molecular weight excluding hydrogens is 282 g/mol. The maximum Gasteiger partial charge on any atom is 0.220 e. The number of thiazole rings is 1. The van der Waals surface area contributed by atoms with E-state index < -0.39 is 0 Å². The second-order valence-corrected chi connectivity index (χ2v) is 5.99. The van der Waals surface area contributed by atoms with Crippen molar-refractivity contribution < 1.29 is 4.79 Å². The molecule has 1 aromatic carbocycles. The highest BCUT2D eigenvalue weighted by Crippen LogP contribution is 2.18. The topological polar surface area (TPSA) is 46.4 Å². The largest absolute Gasteiger partial charge is 0.350 e. The molecule has 0 fully saturated rings. The van der Waals surface area contributed by atoms with E-state index in [0.717, 1.165) is 10.7 Å². The lowest BCUT2D eigenvalue weighted by Gasteiger charge is -2.11. The van der Waals surface area contributed by atoms with Crippen molar-refractivity contribution in [3.63, 3.8) is 0 Å². The fraction of sp³-hybridized carbons (Fsp3) is 0.250. The molecule has 0 bridgehead atoms. The van der Waals surface area contributed by atoms with Crippen molar-refractivity contribution in [1.29, 1.82) is 0 Å². The van der Waals surface area contributed by atoms with Gasteiger partial charge in [0.15, 0.2) is 4.96 Å². The van der Waals surface area contributed by atoms with E-state index in [1.807, 2.05) is 40.4 Å².